The quantitative estimate of drug-likeness (QED) is 0.781. The minimum Gasteiger partial charge on any atom is -0.508 e. The van der Waals surface area contributed by atoms with Crippen LogP contribution in [0.2, 0.25) is 0 Å². The second kappa shape index (κ2) is 6.87. The first-order valence-electron chi connectivity index (χ1n) is 8.35. The summed E-state index contributed by atoms with van der Waals surface area (Å²) < 4.78 is 7.67. The molecule has 7 heteroatoms. The highest BCUT2D eigenvalue weighted by Gasteiger charge is 2.29. The fourth-order valence-corrected chi connectivity index (χ4v) is 3.10. The van der Waals surface area contributed by atoms with Gasteiger partial charge in [0.15, 0.2) is 0 Å². The van der Waals surface area contributed by atoms with Crippen LogP contribution in [0.1, 0.15) is 22.1 Å². The first-order valence-corrected chi connectivity index (χ1v) is 8.35. The Hall–Kier alpha value is -3.35. The summed E-state index contributed by atoms with van der Waals surface area (Å²) in [5.74, 6) is 0.488. The molecule has 1 atom stereocenters. The van der Waals surface area contributed by atoms with E-state index in [2.05, 4.69) is 10.1 Å². The Bertz CT molecular complexity index is 910. The van der Waals surface area contributed by atoms with Crippen LogP contribution >= 0.6 is 0 Å². The second-order valence-electron chi connectivity index (χ2n) is 6.14. The summed E-state index contributed by atoms with van der Waals surface area (Å²) in [5.41, 5.74) is 1.40. The van der Waals surface area contributed by atoms with Gasteiger partial charge in [-0.2, -0.15) is 5.10 Å². The van der Waals surface area contributed by atoms with Gasteiger partial charge in [0.05, 0.1) is 12.2 Å². The smallest absolute Gasteiger partial charge is 0.254 e. The van der Waals surface area contributed by atoms with Crippen molar-refractivity contribution in [2.45, 2.75) is 12.6 Å². The zero-order valence-corrected chi connectivity index (χ0v) is 14.0. The maximum Gasteiger partial charge on any atom is 0.254 e. The van der Waals surface area contributed by atoms with Crippen LogP contribution in [0.4, 0.5) is 0 Å². The number of phenolic OH excluding ortho intramolecular Hbond substituents is 1. The SMILES string of the molecule is O=C(c1cccc(O)c1)N1Cc2ccnn2C(COc2ccccn2)C1. The summed E-state index contributed by atoms with van der Waals surface area (Å²) >= 11 is 0. The highest BCUT2D eigenvalue weighted by molar-refractivity contribution is 5.94. The van der Waals surface area contributed by atoms with E-state index in [1.165, 1.54) is 6.07 Å². The lowest BCUT2D eigenvalue weighted by molar-refractivity contribution is 0.0631. The molecule has 0 aliphatic carbocycles. The summed E-state index contributed by atoms with van der Waals surface area (Å²) in [4.78, 5) is 18.7. The monoisotopic (exact) mass is 350 g/mol. The molecule has 1 aliphatic rings. The van der Waals surface area contributed by atoms with Crippen LogP contribution in [0.3, 0.4) is 0 Å². The molecule has 4 rings (SSSR count). The van der Waals surface area contributed by atoms with Crippen molar-refractivity contribution in [3.05, 3.63) is 72.2 Å². The van der Waals surface area contributed by atoms with E-state index in [0.717, 1.165) is 5.69 Å². The molecular weight excluding hydrogens is 332 g/mol. The molecule has 1 N–H and O–H groups in total. The lowest BCUT2D eigenvalue weighted by Gasteiger charge is -2.33. The first-order chi connectivity index (χ1) is 12.7. The normalized spacial score (nSPS) is 16.2. The summed E-state index contributed by atoms with van der Waals surface area (Å²) in [5, 5.41) is 14.0. The summed E-state index contributed by atoms with van der Waals surface area (Å²) in [6.45, 7) is 1.29. The number of aromatic hydroxyl groups is 1. The zero-order valence-electron chi connectivity index (χ0n) is 14.0. The molecule has 2 aromatic heterocycles. The molecule has 1 unspecified atom stereocenters. The Labute approximate surface area is 150 Å². The molecule has 0 bridgehead atoms. The Morgan fingerprint density at radius 2 is 2.12 bits per heavy atom. The highest BCUT2D eigenvalue weighted by atomic mass is 16.5. The van der Waals surface area contributed by atoms with Gasteiger partial charge in [0, 0.05) is 30.6 Å². The molecule has 0 saturated carbocycles. The van der Waals surface area contributed by atoms with E-state index >= 15 is 0 Å². The van der Waals surface area contributed by atoms with Crippen molar-refractivity contribution < 1.29 is 14.6 Å². The fourth-order valence-electron chi connectivity index (χ4n) is 3.10. The van der Waals surface area contributed by atoms with Crippen LogP contribution in [0.25, 0.3) is 0 Å². The molecule has 0 saturated heterocycles. The summed E-state index contributed by atoms with van der Waals surface area (Å²) in [6.07, 6.45) is 3.40. The van der Waals surface area contributed by atoms with Crippen molar-refractivity contribution in [1.29, 1.82) is 0 Å². The van der Waals surface area contributed by atoms with Gasteiger partial charge in [-0.15, -0.1) is 0 Å². The summed E-state index contributed by atoms with van der Waals surface area (Å²) in [7, 11) is 0. The molecule has 1 amide bonds. The molecule has 0 spiro atoms. The molecule has 3 aromatic rings. The van der Waals surface area contributed by atoms with Gasteiger partial charge < -0.3 is 14.7 Å². The van der Waals surface area contributed by atoms with Crippen molar-refractivity contribution in [1.82, 2.24) is 19.7 Å². The average molecular weight is 350 g/mol. The van der Waals surface area contributed by atoms with Gasteiger partial charge in [-0.1, -0.05) is 12.1 Å². The lowest BCUT2D eigenvalue weighted by Crippen LogP contribution is -2.43. The largest absolute Gasteiger partial charge is 0.508 e. The lowest BCUT2D eigenvalue weighted by atomic mass is 10.1. The van der Waals surface area contributed by atoms with E-state index in [0.29, 0.717) is 31.1 Å². The number of phenols is 1. The number of ether oxygens (including phenoxy) is 1. The third-order valence-corrected chi connectivity index (χ3v) is 4.32. The van der Waals surface area contributed by atoms with Gasteiger partial charge in [0.25, 0.3) is 5.91 Å². The Balaban J connectivity index is 1.53. The second-order valence-corrected chi connectivity index (χ2v) is 6.14. The standard InChI is InChI=1S/C19H18N4O3/c24-17-5-3-4-14(10-17)19(25)22-11-15-7-9-21-23(15)16(12-22)13-26-18-6-1-2-8-20-18/h1-10,16,24H,11-13H2. The molecule has 3 heterocycles. The molecule has 26 heavy (non-hydrogen) atoms. The van der Waals surface area contributed by atoms with E-state index in [4.69, 9.17) is 4.74 Å². The number of aromatic nitrogens is 3. The van der Waals surface area contributed by atoms with E-state index < -0.39 is 0 Å². The molecular formula is C19H18N4O3. The van der Waals surface area contributed by atoms with Crippen molar-refractivity contribution in [2.24, 2.45) is 0 Å². The number of amides is 1. The van der Waals surface area contributed by atoms with Crippen molar-refractivity contribution in [2.75, 3.05) is 13.2 Å². The van der Waals surface area contributed by atoms with Crippen LogP contribution in [0.15, 0.2) is 60.9 Å². The number of carbonyl (C=O) groups is 1. The predicted molar refractivity (Wildman–Crippen MR) is 93.8 cm³/mol. The molecule has 1 aliphatic heterocycles. The van der Waals surface area contributed by atoms with Crippen molar-refractivity contribution in [3.63, 3.8) is 0 Å². The van der Waals surface area contributed by atoms with Crippen molar-refractivity contribution >= 4 is 5.91 Å². The summed E-state index contributed by atoms with van der Waals surface area (Å²) in [6, 6.07) is 13.7. The first kappa shape index (κ1) is 16.1. The average Bonchev–Trinajstić information content (AvgIpc) is 3.15. The third-order valence-electron chi connectivity index (χ3n) is 4.32. The molecule has 0 fully saturated rings. The number of nitrogens with zero attached hydrogens (tertiary/aromatic N) is 4. The Morgan fingerprint density at radius 3 is 2.92 bits per heavy atom. The minimum atomic E-state index is -0.129. The maximum absolute atomic E-state index is 12.8. The van der Waals surface area contributed by atoms with E-state index in [1.807, 2.05) is 22.9 Å². The van der Waals surface area contributed by atoms with Gasteiger partial charge in [0.2, 0.25) is 5.88 Å². The zero-order chi connectivity index (χ0) is 17.9. The van der Waals surface area contributed by atoms with Crippen LogP contribution < -0.4 is 4.74 Å². The van der Waals surface area contributed by atoms with Crippen LogP contribution in [-0.4, -0.2) is 43.8 Å². The number of hydrogen-bond acceptors (Lipinski definition) is 5. The number of rotatable bonds is 4. The Morgan fingerprint density at radius 1 is 1.19 bits per heavy atom. The van der Waals surface area contributed by atoms with Crippen molar-refractivity contribution in [3.8, 4) is 11.6 Å². The van der Waals surface area contributed by atoms with Gasteiger partial charge in [-0.25, -0.2) is 4.98 Å². The number of fused-ring (bicyclic) bond motifs is 1. The van der Waals surface area contributed by atoms with Crippen LogP contribution in [0, 0.1) is 0 Å². The van der Waals surface area contributed by atoms with Gasteiger partial charge in [-0.05, 0) is 30.3 Å². The molecule has 7 nitrogen and oxygen atoms in total. The van der Waals surface area contributed by atoms with E-state index in [1.54, 1.807) is 41.6 Å². The fraction of sp³-hybridized carbons (Fsp3) is 0.211. The maximum atomic E-state index is 12.8. The molecule has 1 aromatic carbocycles. The number of benzene rings is 1. The van der Waals surface area contributed by atoms with E-state index in [9.17, 15) is 9.90 Å². The molecule has 132 valence electrons. The van der Waals surface area contributed by atoms with Gasteiger partial charge in [0.1, 0.15) is 18.4 Å². The van der Waals surface area contributed by atoms with E-state index in [-0.39, 0.29) is 17.7 Å². The third kappa shape index (κ3) is 3.23. The Kier molecular flexibility index (Phi) is 4.27. The van der Waals surface area contributed by atoms with Crippen LogP contribution in [-0.2, 0) is 6.54 Å². The number of pyridine rings is 1. The molecule has 0 radical (unpaired) electrons. The minimum absolute atomic E-state index is 0.0768. The topological polar surface area (TPSA) is 80.5 Å². The highest BCUT2D eigenvalue weighted by Crippen LogP contribution is 2.23. The number of hydrogen-bond donors (Lipinski definition) is 1. The predicted octanol–water partition coefficient (Wildman–Crippen LogP) is 2.26. The van der Waals surface area contributed by atoms with Crippen LogP contribution in [0.5, 0.6) is 11.6 Å². The number of carbonyl (C=O) groups excluding carboxylic acids is 1. The van der Waals surface area contributed by atoms with Gasteiger partial charge >= 0.3 is 0 Å². The van der Waals surface area contributed by atoms with Gasteiger partial charge in [-0.3, -0.25) is 9.48 Å².